The van der Waals surface area contributed by atoms with Gasteiger partial charge in [-0.2, -0.15) is 0 Å². The maximum Gasteiger partial charge on any atom is 0.224 e. The number of anilines is 2. The van der Waals surface area contributed by atoms with Crippen molar-refractivity contribution in [2.24, 2.45) is 0 Å². The number of rotatable bonds is 7. The molecule has 0 radical (unpaired) electrons. The highest BCUT2D eigenvalue weighted by Crippen LogP contribution is 2.19. The third kappa shape index (κ3) is 5.21. The maximum absolute atomic E-state index is 11.7. The predicted molar refractivity (Wildman–Crippen MR) is 77.6 cm³/mol. The molecule has 0 atom stereocenters. The summed E-state index contributed by atoms with van der Waals surface area (Å²) in [6.45, 7) is 4.17. The molecule has 3 N–H and O–H groups in total. The summed E-state index contributed by atoms with van der Waals surface area (Å²) in [5.74, 6) is 0.0575. The van der Waals surface area contributed by atoms with Crippen molar-refractivity contribution in [2.45, 2.75) is 52.4 Å². The lowest BCUT2D eigenvalue weighted by atomic mass is 10.1. The zero-order valence-electron chi connectivity index (χ0n) is 11.5. The van der Waals surface area contributed by atoms with Gasteiger partial charge in [-0.05, 0) is 31.0 Å². The van der Waals surface area contributed by atoms with Crippen molar-refractivity contribution in [2.75, 3.05) is 11.1 Å². The molecule has 0 saturated heterocycles. The summed E-state index contributed by atoms with van der Waals surface area (Å²) in [5, 5.41) is 2.86. The first-order valence-corrected chi connectivity index (χ1v) is 6.79. The Morgan fingerprint density at radius 1 is 1.22 bits per heavy atom. The van der Waals surface area contributed by atoms with Gasteiger partial charge in [0.05, 0.1) is 11.4 Å². The van der Waals surface area contributed by atoms with Crippen molar-refractivity contribution < 1.29 is 4.79 Å². The van der Waals surface area contributed by atoms with E-state index in [1.54, 1.807) is 0 Å². The second-order valence-electron chi connectivity index (χ2n) is 4.80. The van der Waals surface area contributed by atoms with E-state index >= 15 is 0 Å². The van der Waals surface area contributed by atoms with Crippen LogP contribution >= 0.6 is 0 Å². The van der Waals surface area contributed by atoms with Crippen LogP contribution < -0.4 is 11.1 Å². The third-order valence-corrected chi connectivity index (χ3v) is 2.99. The molecule has 1 aromatic rings. The summed E-state index contributed by atoms with van der Waals surface area (Å²) in [5.41, 5.74) is 8.31. The summed E-state index contributed by atoms with van der Waals surface area (Å²) in [6.07, 6.45) is 6.37. The number of hydrogen-bond acceptors (Lipinski definition) is 2. The number of carbonyl (C=O) groups is 1. The van der Waals surface area contributed by atoms with Crippen molar-refractivity contribution in [1.82, 2.24) is 0 Å². The minimum atomic E-state index is 0.0575. The van der Waals surface area contributed by atoms with E-state index in [4.69, 9.17) is 5.73 Å². The number of nitrogens with two attached hydrogens (primary N) is 1. The predicted octanol–water partition coefficient (Wildman–Crippen LogP) is 3.88. The van der Waals surface area contributed by atoms with E-state index in [1.165, 1.54) is 19.3 Å². The Morgan fingerprint density at radius 2 is 1.94 bits per heavy atom. The molecule has 100 valence electrons. The summed E-state index contributed by atoms with van der Waals surface area (Å²) < 4.78 is 0. The van der Waals surface area contributed by atoms with Gasteiger partial charge in [-0.3, -0.25) is 4.79 Å². The molecule has 3 heteroatoms. The number of nitrogens with one attached hydrogen (secondary N) is 1. The molecule has 1 amide bonds. The van der Waals surface area contributed by atoms with Crippen LogP contribution in [0.2, 0.25) is 0 Å². The van der Waals surface area contributed by atoms with E-state index < -0.39 is 0 Å². The van der Waals surface area contributed by atoms with Crippen LogP contribution in [0.4, 0.5) is 11.4 Å². The molecular formula is C15H24N2O. The van der Waals surface area contributed by atoms with Gasteiger partial charge in [0, 0.05) is 6.42 Å². The lowest BCUT2D eigenvalue weighted by molar-refractivity contribution is -0.116. The molecule has 0 aliphatic rings. The normalized spacial score (nSPS) is 10.3. The molecule has 1 aromatic carbocycles. The van der Waals surface area contributed by atoms with Crippen LogP contribution in [-0.2, 0) is 4.79 Å². The van der Waals surface area contributed by atoms with Crippen molar-refractivity contribution in [3.63, 3.8) is 0 Å². The molecule has 0 aromatic heterocycles. The largest absolute Gasteiger partial charge is 0.397 e. The summed E-state index contributed by atoms with van der Waals surface area (Å²) >= 11 is 0. The minimum absolute atomic E-state index is 0.0575. The van der Waals surface area contributed by atoms with E-state index in [0.29, 0.717) is 12.1 Å². The quantitative estimate of drug-likeness (QED) is 0.568. The Kier molecular flexibility index (Phi) is 6.26. The van der Waals surface area contributed by atoms with E-state index in [0.717, 1.165) is 24.1 Å². The molecule has 3 nitrogen and oxygen atoms in total. The van der Waals surface area contributed by atoms with Gasteiger partial charge >= 0.3 is 0 Å². The third-order valence-electron chi connectivity index (χ3n) is 2.99. The first-order chi connectivity index (χ1) is 8.63. The highest BCUT2D eigenvalue weighted by atomic mass is 16.1. The first-order valence-electron chi connectivity index (χ1n) is 6.79. The zero-order chi connectivity index (χ0) is 13.4. The molecule has 0 saturated carbocycles. The van der Waals surface area contributed by atoms with Crippen LogP contribution in [0.5, 0.6) is 0 Å². The SMILES string of the molecule is CCCCCCCC(=O)Nc1ccc(C)cc1N. The summed E-state index contributed by atoms with van der Waals surface area (Å²) in [7, 11) is 0. The second-order valence-corrected chi connectivity index (χ2v) is 4.80. The maximum atomic E-state index is 11.7. The Labute approximate surface area is 110 Å². The standard InChI is InChI=1S/C15H24N2O/c1-3-4-5-6-7-8-15(18)17-14-10-9-12(2)11-13(14)16/h9-11H,3-8,16H2,1-2H3,(H,17,18). The van der Waals surface area contributed by atoms with Crippen molar-refractivity contribution >= 4 is 17.3 Å². The molecule has 0 heterocycles. The highest BCUT2D eigenvalue weighted by molar-refractivity contribution is 5.93. The Bertz CT molecular complexity index is 388. The van der Waals surface area contributed by atoms with Gasteiger partial charge in [0.1, 0.15) is 0 Å². The van der Waals surface area contributed by atoms with Crippen LogP contribution in [0, 0.1) is 6.92 Å². The smallest absolute Gasteiger partial charge is 0.224 e. The van der Waals surface area contributed by atoms with Crippen LogP contribution in [0.1, 0.15) is 51.0 Å². The number of aryl methyl sites for hydroxylation is 1. The lowest BCUT2D eigenvalue weighted by Gasteiger charge is -2.08. The van der Waals surface area contributed by atoms with Crippen LogP contribution in [0.25, 0.3) is 0 Å². The molecule has 18 heavy (non-hydrogen) atoms. The monoisotopic (exact) mass is 248 g/mol. The number of hydrogen-bond donors (Lipinski definition) is 2. The van der Waals surface area contributed by atoms with Crippen LogP contribution in [0.3, 0.4) is 0 Å². The van der Waals surface area contributed by atoms with Gasteiger partial charge in [0.2, 0.25) is 5.91 Å². The minimum Gasteiger partial charge on any atom is -0.397 e. The fourth-order valence-electron chi connectivity index (χ4n) is 1.90. The van der Waals surface area contributed by atoms with Crippen LogP contribution in [0.15, 0.2) is 18.2 Å². The lowest BCUT2D eigenvalue weighted by Crippen LogP contribution is -2.12. The van der Waals surface area contributed by atoms with Gasteiger partial charge in [-0.1, -0.05) is 38.7 Å². The Balaban J connectivity index is 2.31. The van der Waals surface area contributed by atoms with Crippen molar-refractivity contribution in [1.29, 1.82) is 0 Å². The van der Waals surface area contributed by atoms with Crippen molar-refractivity contribution in [3.05, 3.63) is 23.8 Å². The molecule has 1 rings (SSSR count). The zero-order valence-corrected chi connectivity index (χ0v) is 11.5. The van der Waals surface area contributed by atoms with Crippen LogP contribution in [-0.4, -0.2) is 5.91 Å². The molecular weight excluding hydrogens is 224 g/mol. The average molecular weight is 248 g/mol. The molecule has 0 aliphatic carbocycles. The van der Waals surface area contributed by atoms with Gasteiger partial charge in [0.25, 0.3) is 0 Å². The van der Waals surface area contributed by atoms with Gasteiger partial charge in [-0.15, -0.1) is 0 Å². The summed E-state index contributed by atoms with van der Waals surface area (Å²) in [6, 6.07) is 5.68. The number of carbonyl (C=O) groups excluding carboxylic acids is 1. The first kappa shape index (κ1) is 14.6. The topological polar surface area (TPSA) is 55.1 Å². The van der Waals surface area contributed by atoms with E-state index in [2.05, 4.69) is 12.2 Å². The number of unbranched alkanes of at least 4 members (excludes halogenated alkanes) is 4. The number of nitrogen functional groups attached to an aromatic ring is 1. The van der Waals surface area contributed by atoms with E-state index in [1.807, 2.05) is 25.1 Å². The molecule has 0 aliphatic heterocycles. The van der Waals surface area contributed by atoms with Gasteiger partial charge in [0.15, 0.2) is 0 Å². The van der Waals surface area contributed by atoms with E-state index in [9.17, 15) is 4.79 Å². The fourth-order valence-corrected chi connectivity index (χ4v) is 1.90. The van der Waals surface area contributed by atoms with E-state index in [-0.39, 0.29) is 5.91 Å². The Hall–Kier alpha value is -1.51. The highest BCUT2D eigenvalue weighted by Gasteiger charge is 2.04. The number of amides is 1. The molecule has 0 spiro atoms. The fraction of sp³-hybridized carbons (Fsp3) is 0.533. The van der Waals surface area contributed by atoms with Gasteiger partial charge < -0.3 is 11.1 Å². The van der Waals surface area contributed by atoms with Gasteiger partial charge in [-0.25, -0.2) is 0 Å². The second kappa shape index (κ2) is 7.75. The molecule has 0 unspecified atom stereocenters. The Morgan fingerprint density at radius 3 is 2.61 bits per heavy atom. The van der Waals surface area contributed by atoms with Crippen molar-refractivity contribution in [3.8, 4) is 0 Å². The average Bonchev–Trinajstić information content (AvgIpc) is 2.32. The number of benzene rings is 1. The molecule has 0 fully saturated rings. The molecule has 0 bridgehead atoms. The summed E-state index contributed by atoms with van der Waals surface area (Å²) in [4.78, 5) is 11.7.